The predicted molar refractivity (Wildman–Crippen MR) is 148 cm³/mol. The lowest BCUT2D eigenvalue weighted by Gasteiger charge is -2.53. The van der Waals surface area contributed by atoms with Gasteiger partial charge in [0.05, 0.1) is 13.2 Å². The Morgan fingerprint density at radius 2 is 1.68 bits per heavy atom. The second kappa shape index (κ2) is 12.3. The van der Waals surface area contributed by atoms with Crippen LogP contribution in [-0.2, 0) is 32.1 Å². The molecule has 40 heavy (non-hydrogen) atoms. The minimum absolute atomic E-state index is 0.106. The molecule has 0 aromatic heterocycles. The Morgan fingerprint density at radius 3 is 2.35 bits per heavy atom. The second-order valence-electron chi connectivity index (χ2n) is 11.5. The molecule has 3 aliphatic rings. The minimum atomic E-state index is -0.922. The molecule has 214 valence electrons. The third-order valence-corrected chi connectivity index (χ3v) is 8.17. The van der Waals surface area contributed by atoms with Gasteiger partial charge in [0.2, 0.25) is 5.91 Å². The van der Waals surface area contributed by atoms with E-state index in [0.29, 0.717) is 19.1 Å². The standard InChI is InChI=1S/C31H39N3O6/c1-21(2)28-30(37)33-26(17-22-13-15-25(35)16-14-22)29(36)32(18-23-9-5-3-6-10-23)19-27(33)34(40-28)31(38)39-20-24-11-7-4-8-12-24/h3,5-6,9-10,13-16,21,24,26-28,35H,4,7-8,11-12,17-20H2,1-2H3/t26-,27-,28-/m0/s1. The lowest BCUT2D eigenvalue weighted by Crippen LogP contribution is -2.74. The van der Waals surface area contributed by atoms with E-state index >= 15 is 0 Å². The molecule has 0 radical (unpaired) electrons. The van der Waals surface area contributed by atoms with Gasteiger partial charge in [0.15, 0.2) is 12.3 Å². The van der Waals surface area contributed by atoms with Crippen molar-refractivity contribution < 1.29 is 29.1 Å². The fourth-order valence-corrected chi connectivity index (χ4v) is 5.95. The van der Waals surface area contributed by atoms with Crippen LogP contribution < -0.4 is 0 Å². The zero-order chi connectivity index (χ0) is 28.2. The summed E-state index contributed by atoms with van der Waals surface area (Å²) in [5.74, 6) is -0.287. The molecule has 3 atom stereocenters. The summed E-state index contributed by atoms with van der Waals surface area (Å²) in [6, 6.07) is 15.4. The number of amides is 3. The predicted octanol–water partition coefficient (Wildman–Crippen LogP) is 4.49. The Kier molecular flexibility index (Phi) is 8.59. The summed E-state index contributed by atoms with van der Waals surface area (Å²) in [5, 5.41) is 11.0. The first-order valence-corrected chi connectivity index (χ1v) is 14.4. The number of piperazine rings is 1. The molecule has 1 aliphatic carbocycles. The van der Waals surface area contributed by atoms with Crippen molar-refractivity contribution in [1.82, 2.24) is 14.9 Å². The van der Waals surface area contributed by atoms with Crippen molar-refractivity contribution in [3.8, 4) is 5.75 Å². The van der Waals surface area contributed by atoms with Crippen LogP contribution in [0.3, 0.4) is 0 Å². The smallest absolute Gasteiger partial charge is 0.436 e. The second-order valence-corrected chi connectivity index (χ2v) is 11.5. The van der Waals surface area contributed by atoms with Gasteiger partial charge in [-0.05, 0) is 47.9 Å². The Labute approximate surface area is 235 Å². The Bertz CT molecular complexity index is 1180. The molecule has 2 aromatic rings. The van der Waals surface area contributed by atoms with Crippen LogP contribution in [0.15, 0.2) is 54.6 Å². The average molecular weight is 550 g/mol. The van der Waals surface area contributed by atoms with Crippen LogP contribution in [0.1, 0.15) is 57.1 Å². The van der Waals surface area contributed by atoms with Crippen LogP contribution in [0.5, 0.6) is 5.75 Å². The maximum absolute atomic E-state index is 14.0. The number of hydrogen-bond acceptors (Lipinski definition) is 6. The first-order valence-electron chi connectivity index (χ1n) is 14.4. The molecule has 9 nitrogen and oxygen atoms in total. The largest absolute Gasteiger partial charge is 0.508 e. The van der Waals surface area contributed by atoms with E-state index in [4.69, 9.17) is 9.57 Å². The number of fused-ring (bicyclic) bond motifs is 1. The molecule has 1 saturated carbocycles. The van der Waals surface area contributed by atoms with Crippen molar-refractivity contribution in [1.29, 1.82) is 0 Å². The summed E-state index contributed by atoms with van der Waals surface area (Å²) in [7, 11) is 0. The Balaban J connectivity index is 1.46. The number of aromatic hydroxyl groups is 1. The highest BCUT2D eigenvalue weighted by Crippen LogP contribution is 2.33. The minimum Gasteiger partial charge on any atom is -0.508 e. The number of hydrogen-bond donors (Lipinski definition) is 1. The van der Waals surface area contributed by atoms with Gasteiger partial charge < -0.3 is 19.6 Å². The van der Waals surface area contributed by atoms with Crippen molar-refractivity contribution >= 4 is 17.9 Å². The number of nitrogens with zero attached hydrogens (tertiary/aromatic N) is 3. The topological polar surface area (TPSA) is 99.6 Å². The monoisotopic (exact) mass is 549 g/mol. The summed E-state index contributed by atoms with van der Waals surface area (Å²) < 4.78 is 5.77. The Hall–Kier alpha value is -3.59. The normalized spacial score (nSPS) is 23.9. The molecule has 2 saturated heterocycles. The van der Waals surface area contributed by atoms with E-state index in [0.717, 1.165) is 36.8 Å². The lowest BCUT2D eigenvalue weighted by molar-refractivity contribution is -0.273. The van der Waals surface area contributed by atoms with E-state index < -0.39 is 24.4 Å². The highest BCUT2D eigenvalue weighted by molar-refractivity contribution is 5.92. The van der Waals surface area contributed by atoms with E-state index in [1.807, 2.05) is 44.2 Å². The number of phenolic OH excluding ortho intramolecular Hbond substituents is 1. The molecular formula is C31H39N3O6. The molecule has 3 amide bonds. The van der Waals surface area contributed by atoms with Gasteiger partial charge in [0.1, 0.15) is 11.8 Å². The summed E-state index contributed by atoms with van der Waals surface area (Å²) in [6.45, 7) is 4.47. The number of phenols is 1. The SMILES string of the molecule is CC(C)[C@@H]1ON(C(=O)OCC2CCCCC2)[C@H]2CN(Cc3ccccc3)C(=O)[C@H](Cc3ccc(O)cc3)N2C1=O. The summed E-state index contributed by atoms with van der Waals surface area (Å²) >= 11 is 0. The van der Waals surface area contributed by atoms with Gasteiger partial charge in [-0.15, -0.1) is 0 Å². The summed E-state index contributed by atoms with van der Waals surface area (Å²) in [5.41, 5.74) is 1.74. The van der Waals surface area contributed by atoms with Crippen LogP contribution in [0.4, 0.5) is 4.79 Å². The van der Waals surface area contributed by atoms with Crippen molar-refractivity contribution in [2.45, 2.75) is 77.2 Å². The first kappa shape index (κ1) is 28.0. The van der Waals surface area contributed by atoms with Gasteiger partial charge in [-0.1, -0.05) is 75.6 Å². The van der Waals surface area contributed by atoms with E-state index in [1.165, 1.54) is 16.4 Å². The fourth-order valence-electron chi connectivity index (χ4n) is 5.95. The molecule has 1 N–H and O–H groups in total. The van der Waals surface area contributed by atoms with Gasteiger partial charge in [-0.2, -0.15) is 5.06 Å². The summed E-state index contributed by atoms with van der Waals surface area (Å²) in [6.07, 6.45) is 3.41. The fraction of sp³-hybridized carbons (Fsp3) is 0.516. The van der Waals surface area contributed by atoms with Gasteiger partial charge >= 0.3 is 6.09 Å². The molecular weight excluding hydrogens is 510 g/mol. The lowest BCUT2D eigenvalue weighted by atomic mass is 9.90. The molecule has 9 heteroatoms. The van der Waals surface area contributed by atoms with E-state index in [2.05, 4.69) is 0 Å². The van der Waals surface area contributed by atoms with Crippen LogP contribution in [0.25, 0.3) is 0 Å². The zero-order valence-electron chi connectivity index (χ0n) is 23.3. The molecule has 2 aliphatic heterocycles. The molecule has 0 unspecified atom stereocenters. The molecule has 0 bridgehead atoms. The third kappa shape index (κ3) is 6.09. The van der Waals surface area contributed by atoms with Crippen LogP contribution in [0, 0.1) is 11.8 Å². The van der Waals surface area contributed by atoms with Crippen LogP contribution >= 0.6 is 0 Å². The van der Waals surface area contributed by atoms with Crippen molar-refractivity contribution in [3.63, 3.8) is 0 Å². The van der Waals surface area contributed by atoms with Crippen LogP contribution in [-0.4, -0.2) is 69.3 Å². The number of benzene rings is 2. The third-order valence-electron chi connectivity index (χ3n) is 8.17. The quantitative estimate of drug-likeness (QED) is 0.547. The number of carbonyl (C=O) groups excluding carboxylic acids is 3. The van der Waals surface area contributed by atoms with Gasteiger partial charge in [0.25, 0.3) is 5.91 Å². The maximum Gasteiger partial charge on any atom is 0.436 e. The Morgan fingerprint density at radius 1 is 0.975 bits per heavy atom. The average Bonchev–Trinajstić information content (AvgIpc) is 2.96. The number of carbonyl (C=O) groups is 3. The maximum atomic E-state index is 14.0. The van der Waals surface area contributed by atoms with Gasteiger partial charge in [-0.3, -0.25) is 14.4 Å². The first-order chi connectivity index (χ1) is 19.3. The molecule has 2 aromatic carbocycles. The number of rotatable bonds is 7. The molecule has 2 heterocycles. The molecule has 5 rings (SSSR count). The summed E-state index contributed by atoms with van der Waals surface area (Å²) in [4.78, 5) is 50.7. The van der Waals surface area contributed by atoms with Gasteiger partial charge in [-0.25, -0.2) is 4.79 Å². The van der Waals surface area contributed by atoms with Crippen molar-refractivity contribution in [3.05, 3.63) is 65.7 Å². The van der Waals surface area contributed by atoms with Crippen molar-refractivity contribution in [2.75, 3.05) is 13.2 Å². The van der Waals surface area contributed by atoms with E-state index in [-0.39, 0.29) is 36.4 Å². The molecule has 0 spiro atoms. The van der Waals surface area contributed by atoms with E-state index in [9.17, 15) is 19.5 Å². The van der Waals surface area contributed by atoms with E-state index in [1.54, 1.807) is 29.2 Å². The number of hydroxylamine groups is 2. The molecule has 3 fully saturated rings. The van der Waals surface area contributed by atoms with Gasteiger partial charge in [0, 0.05) is 13.0 Å². The van der Waals surface area contributed by atoms with Crippen LogP contribution in [0.2, 0.25) is 0 Å². The highest BCUT2D eigenvalue weighted by Gasteiger charge is 2.54. The highest BCUT2D eigenvalue weighted by atomic mass is 16.7. The van der Waals surface area contributed by atoms with Crippen molar-refractivity contribution in [2.24, 2.45) is 11.8 Å². The number of ether oxygens (including phenoxy) is 1. The zero-order valence-corrected chi connectivity index (χ0v) is 23.3.